The summed E-state index contributed by atoms with van der Waals surface area (Å²) in [7, 11) is 0. The number of aromatic nitrogens is 1. The number of nitrogens with zero attached hydrogens (tertiary/aromatic N) is 1. The molecule has 1 aromatic rings. The minimum absolute atomic E-state index is 0.0730. The molecule has 1 aromatic heterocycles. The summed E-state index contributed by atoms with van der Waals surface area (Å²) in [6.07, 6.45) is 7.84. The molecule has 0 spiro atoms. The third-order valence-corrected chi connectivity index (χ3v) is 3.89. The zero-order valence-electron chi connectivity index (χ0n) is 12.3. The van der Waals surface area contributed by atoms with Crippen LogP contribution in [0.5, 0.6) is 0 Å². The molecular weight excluding hydrogens is 250 g/mol. The van der Waals surface area contributed by atoms with Gasteiger partial charge in [-0.1, -0.05) is 31.7 Å². The molecule has 0 aromatic carbocycles. The first-order valence-electron chi connectivity index (χ1n) is 7.78. The van der Waals surface area contributed by atoms with Crippen molar-refractivity contribution in [2.75, 3.05) is 18.4 Å². The van der Waals surface area contributed by atoms with Gasteiger partial charge in [0.1, 0.15) is 11.5 Å². The average molecular weight is 275 g/mol. The second kappa shape index (κ2) is 7.88. The van der Waals surface area contributed by atoms with Gasteiger partial charge in [0.15, 0.2) is 0 Å². The largest absolute Gasteiger partial charge is 0.370 e. The first-order valence-corrected chi connectivity index (χ1v) is 7.78. The van der Waals surface area contributed by atoms with Gasteiger partial charge in [-0.3, -0.25) is 4.79 Å². The van der Waals surface area contributed by atoms with E-state index in [2.05, 4.69) is 15.6 Å². The summed E-state index contributed by atoms with van der Waals surface area (Å²) in [5.74, 6) is 1.57. The number of anilines is 1. The van der Waals surface area contributed by atoms with E-state index in [4.69, 9.17) is 0 Å². The van der Waals surface area contributed by atoms with E-state index < -0.39 is 0 Å². The minimum Gasteiger partial charge on any atom is -0.370 e. The number of hydrogen-bond donors (Lipinski definition) is 2. The minimum atomic E-state index is -0.0730. The molecule has 1 fully saturated rings. The molecule has 1 amide bonds. The number of carbonyl (C=O) groups excluding carboxylic acids is 1. The van der Waals surface area contributed by atoms with Gasteiger partial charge in [-0.05, 0) is 37.8 Å². The Morgan fingerprint density at radius 2 is 2.15 bits per heavy atom. The van der Waals surface area contributed by atoms with E-state index in [0.29, 0.717) is 5.69 Å². The number of carbonyl (C=O) groups is 1. The summed E-state index contributed by atoms with van der Waals surface area (Å²) in [5.41, 5.74) is 0.490. The van der Waals surface area contributed by atoms with E-state index in [1.165, 1.54) is 32.1 Å². The number of rotatable bonds is 7. The van der Waals surface area contributed by atoms with Crippen molar-refractivity contribution >= 4 is 11.7 Å². The zero-order chi connectivity index (χ0) is 14.2. The number of nitrogens with one attached hydrogen (secondary N) is 2. The molecule has 1 heterocycles. The highest BCUT2D eigenvalue weighted by molar-refractivity contribution is 5.92. The molecule has 20 heavy (non-hydrogen) atoms. The first-order chi connectivity index (χ1) is 9.79. The van der Waals surface area contributed by atoms with Gasteiger partial charge in [0.2, 0.25) is 0 Å². The van der Waals surface area contributed by atoms with Gasteiger partial charge in [-0.15, -0.1) is 0 Å². The van der Waals surface area contributed by atoms with Crippen LogP contribution in [0.1, 0.15) is 55.9 Å². The van der Waals surface area contributed by atoms with Crippen molar-refractivity contribution in [2.24, 2.45) is 5.92 Å². The maximum atomic E-state index is 12.0. The Hall–Kier alpha value is -1.58. The Morgan fingerprint density at radius 3 is 2.90 bits per heavy atom. The van der Waals surface area contributed by atoms with E-state index in [1.54, 1.807) is 6.07 Å². The standard InChI is InChI=1S/C16H25N3O/c1-2-17-15-11-5-10-14(19-15)16(20)18-12-6-9-13-7-3-4-8-13/h5,10-11,13H,2-4,6-9,12H2,1H3,(H,17,19)(H,18,20). The Kier molecular flexibility index (Phi) is 5.84. The second-order valence-electron chi connectivity index (χ2n) is 5.49. The molecule has 0 radical (unpaired) electrons. The fourth-order valence-electron chi connectivity index (χ4n) is 2.82. The third-order valence-electron chi connectivity index (χ3n) is 3.89. The van der Waals surface area contributed by atoms with Gasteiger partial charge in [0, 0.05) is 13.1 Å². The number of amides is 1. The van der Waals surface area contributed by atoms with Crippen LogP contribution in [0.2, 0.25) is 0 Å². The maximum absolute atomic E-state index is 12.0. The van der Waals surface area contributed by atoms with Gasteiger partial charge in [-0.2, -0.15) is 0 Å². The first kappa shape index (κ1) is 14.8. The fourth-order valence-corrected chi connectivity index (χ4v) is 2.82. The molecule has 0 unspecified atom stereocenters. The van der Waals surface area contributed by atoms with Crippen molar-refractivity contribution < 1.29 is 4.79 Å². The van der Waals surface area contributed by atoms with Crippen molar-refractivity contribution in [3.63, 3.8) is 0 Å². The predicted octanol–water partition coefficient (Wildman–Crippen LogP) is 3.21. The second-order valence-corrected chi connectivity index (χ2v) is 5.49. The lowest BCUT2D eigenvalue weighted by Gasteiger charge is -2.09. The van der Waals surface area contributed by atoms with E-state index in [0.717, 1.165) is 31.2 Å². The SMILES string of the molecule is CCNc1cccc(C(=O)NCCCC2CCCC2)n1. The van der Waals surface area contributed by atoms with Crippen LogP contribution in [-0.2, 0) is 0 Å². The Labute approximate surface area is 121 Å². The van der Waals surface area contributed by atoms with Crippen LogP contribution in [0, 0.1) is 5.92 Å². The molecule has 4 nitrogen and oxygen atoms in total. The van der Waals surface area contributed by atoms with Gasteiger partial charge in [0.25, 0.3) is 5.91 Å². The summed E-state index contributed by atoms with van der Waals surface area (Å²) in [5, 5.41) is 6.08. The smallest absolute Gasteiger partial charge is 0.269 e. The van der Waals surface area contributed by atoms with Gasteiger partial charge < -0.3 is 10.6 Å². The number of hydrogen-bond acceptors (Lipinski definition) is 3. The highest BCUT2D eigenvalue weighted by Gasteiger charge is 2.14. The third kappa shape index (κ3) is 4.51. The summed E-state index contributed by atoms with van der Waals surface area (Å²) in [6.45, 7) is 3.57. The van der Waals surface area contributed by atoms with E-state index in [-0.39, 0.29) is 5.91 Å². The Bertz CT molecular complexity index is 427. The lowest BCUT2D eigenvalue weighted by Crippen LogP contribution is -2.25. The molecule has 0 bridgehead atoms. The summed E-state index contributed by atoms with van der Waals surface area (Å²) in [4.78, 5) is 16.3. The fraction of sp³-hybridized carbons (Fsp3) is 0.625. The Morgan fingerprint density at radius 1 is 1.35 bits per heavy atom. The van der Waals surface area contributed by atoms with Crippen LogP contribution in [0.3, 0.4) is 0 Å². The average Bonchev–Trinajstić information content (AvgIpc) is 2.97. The highest BCUT2D eigenvalue weighted by Crippen LogP contribution is 2.28. The summed E-state index contributed by atoms with van der Waals surface area (Å²) >= 11 is 0. The molecule has 0 atom stereocenters. The monoisotopic (exact) mass is 275 g/mol. The predicted molar refractivity (Wildman–Crippen MR) is 81.9 cm³/mol. The molecule has 4 heteroatoms. The van der Waals surface area contributed by atoms with Crippen molar-refractivity contribution in [3.8, 4) is 0 Å². The summed E-state index contributed by atoms with van der Waals surface area (Å²) in [6, 6.07) is 5.49. The summed E-state index contributed by atoms with van der Waals surface area (Å²) < 4.78 is 0. The van der Waals surface area contributed by atoms with Crippen LogP contribution < -0.4 is 10.6 Å². The van der Waals surface area contributed by atoms with E-state index in [9.17, 15) is 4.79 Å². The number of pyridine rings is 1. The van der Waals surface area contributed by atoms with Crippen molar-refractivity contribution in [1.29, 1.82) is 0 Å². The molecule has 0 saturated heterocycles. The Balaban J connectivity index is 1.72. The molecule has 2 N–H and O–H groups in total. The van der Waals surface area contributed by atoms with Gasteiger partial charge >= 0.3 is 0 Å². The van der Waals surface area contributed by atoms with Crippen LogP contribution in [-0.4, -0.2) is 24.0 Å². The highest BCUT2D eigenvalue weighted by atomic mass is 16.1. The van der Waals surface area contributed by atoms with Gasteiger partial charge in [-0.25, -0.2) is 4.98 Å². The van der Waals surface area contributed by atoms with Crippen molar-refractivity contribution in [2.45, 2.75) is 45.4 Å². The molecule has 1 aliphatic carbocycles. The van der Waals surface area contributed by atoms with Crippen molar-refractivity contribution in [3.05, 3.63) is 23.9 Å². The lowest BCUT2D eigenvalue weighted by atomic mass is 10.0. The molecule has 2 rings (SSSR count). The maximum Gasteiger partial charge on any atom is 0.269 e. The normalized spacial score (nSPS) is 15.2. The van der Waals surface area contributed by atoms with E-state index in [1.807, 2.05) is 19.1 Å². The van der Waals surface area contributed by atoms with Crippen LogP contribution in [0.15, 0.2) is 18.2 Å². The van der Waals surface area contributed by atoms with Crippen molar-refractivity contribution in [1.82, 2.24) is 10.3 Å². The lowest BCUT2D eigenvalue weighted by molar-refractivity contribution is 0.0947. The zero-order valence-corrected chi connectivity index (χ0v) is 12.3. The van der Waals surface area contributed by atoms with E-state index >= 15 is 0 Å². The molecule has 0 aliphatic heterocycles. The molecular formula is C16H25N3O. The molecule has 1 saturated carbocycles. The topological polar surface area (TPSA) is 54.0 Å². The van der Waals surface area contributed by atoms with Gasteiger partial charge in [0.05, 0.1) is 0 Å². The quantitative estimate of drug-likeness (QED) is 0.751. The van der Waals surface area contributed by atoms with Crippen LogP contribution >= 0.6 is 0 Å². The molecule has 1 aliphatic rings. The van der Waals surface area contributed by atoms with Crippen LogP contribution in [0.4, 0.5) is 5.82 Å². The molecule has 110 valence electrons. The van der Waals surface area contributed by atoms with Crippen LogP contribution in [0.25, 0.3) is 0 Å².